The third-order valence-corrected chi connectivity index (χ3v) is 3.74. The molecule has 0 radical (unpaired) electrons. The fraction of sp³-hybridized carbons (Fsp3) is 0.467. The first kappa shape index (κ1) is 18.9. The molecule has 1 aliphatic rings. The van der Waals surface area contributed by atoms with Gasteiger partial charge in [0.2, 0.25) is 34.8 Å². The van der Waals surface area contributed by atoms with E-state index in [0.717, 1.165) is 0 Å². The molecular formula is C15H13F5O5. The second-order valence-electron chi connectivity index (χ2n) is 5.50. The Bertz CT molecular complexity index is 667. The maximum atomic E-state index is 13.7. The minimum atomic E-state index is -2.37. The van der Waals surface area contributed by atoms with E-state index in [1.54, 1.807) is 6.92 Å². The predicted octanol–water partition coefficient (Wildman–Crippen LogP) is 3.63. The van der Waals surface area contributed by atoms with Gasteiger partial charge in [-0.25, -0.2) is 18.0 Å². The summed E-state index contributed by atoms with van der Waals surface area (Å²) in [6.45, 7) is 0.791. The molecule has 2 rings (SSSR count). The Kier molecular flexibility index (Phi) is 5.48. The summed E-state index contributed by atoms with van der Waals surface area (Å²) in [6.07, 6.45) is 0.0695. The molecule has 0 atom stereocenters. The van der Waals surface area contributed by atoms with Gasteiger partial charge in [0.25, 0.3) is 0 Å². The van der Waals surface area contributed by atoms with E-state index in [-0.39, 0.29) is 6.42 Å². The Morgan fingerprint density at radius 3 is 1.96 bits per heavy atom. The first-order valence-corrected chi connectivity index (χ1v) is 7.26. The number of benzene rings is 1. The average molecular weight is 368 g/mol. The van der Waals surface area contributed by atoms with Crippen LogP contribution in [0.15, 0.2) is 0 Å². The van der Waals surface area contributed by atoms with Gasteiger partial charge in [-0.05, 0) is 6.42 Å². The van der Waals surface area contributed by atoms with Crippen LogP contribution in [0.4, 0.5) is 26.7 Å². The molecule has 0 amide bonds. The zero-order valence-electron chi connectivity index (χ0n) is 13.0. The monoisotopic (exact) mass is 368 g/mol. The maximum absolute atomic E-state index is 13.7. The van der Waals surface area contributed by atoms with E-state index in [2.05, 4.69) is 14.2 Å². The first-order chi connectivity index (χ1) is 11.7. The van der Waals surface area contributed by atoms with Crippen LogP contribution < -0.4 is 4.74 Å². The van der Waals surface area contributed by atoms with Gasteiger partial charge in [0.1, 0.15) is 18.6 Å². The van der Waals surface area contributed by atoms with Crippen molar-refractivity contribution in [1.29, 1.82) is 0 Å². The fourth-order valence-electron chi connectivity index (χ4n) is 2.23. The number of ether oxygens (including phenoxy) is 3. The summed E-state index contributed by atoms with van der Waals surface area (Å²) in [5.74, 6) is -14.4. The van der Waals surface area contributed by atoms with E-state index in [0.29, 0.717) is 12.8 Å². The number of carbonyl (C=O) groups is 2. The summed E-state index contributed by atoms with van der Waals surface area (Å²) in [4.78, 5) is 23.3. The highest BCUT2D eigenvalue weighted by atomic mass is 19.2. The Hall–Kier alpha value is -2.39. The number of esters is 1. The molecule has 1 aromatic rings. The van der Waals surface area contributed by atoms with Crippen LogP contribution in [0.1, 0.15) is 26.2 Å². The van der Waals surface area contributed by atoms with Crippen molar-refractivity contribution in [3.63, 3.8) is 0 Å². The number of cyclic esters (lactones) is 2. The lowest BCUT2D eigenvalue weighted by molar-refractivity contribution is -0.159. The van der Waals surface area contributed by atoms with Gasteiger partial charge in [0.15, 0.2) is 0 Å². The molecule has 138 valence electrons. The summed E-state index contributed by atoms with van der Waals surface area (Å²) in [7, 11) is 0. The summed E-state index contributed by atoms with van der Waals surface area (Å²) in [5.41, 5.74) is -1.61. The van der Waals surface area contributed by atoms with Crippen molar-refractivity contribution in [1.82, 2.24) is 0 Å². The molecule has 1 saturated heterocycles. The predicted molar refractivity (Wildman–Crippen MR) is 71.1 cm³/mol. The molecule has 1 heterocycles. The topological polar surface area (TPSA) is 61.8 Å². The molecule has 0 aromatic heterocycles. The summed E-state index contributed by atoms with van der Waals surface area (Å²) < 4.78 is 80.4. The van der Waals surface area contributed by atoms with Gasteiger partial charge in [-0.3, -0.25) is 4.79 Å². The molecule has 1 aromatic carbocycles. The van der Waals surface area contributed by atoms with Gasteiger partial charge < -0.3 is 14.2 Å². The lowest BCUT2D eigenvalue weighted by Crippen LogP contribution is -2.47. The van der Waals surface area contributed by atoms with E-state index < -0.39 is 65.6 Å². The molecular weight excluding hydrogens is 355 g/mol. The van der Waals surface area contributed by atoms with Gasteiger partial charge in [0, 0.05) is 0 Å². The van der Waals surface area contributed by atoms with Crippen LogP contribution >= 0.6 is 0 Å². The third kappa shape index (κ3) is 3.52. The number of halogens is 5. The van der Waals surface area contributed by atoms with Crippen molar-refractivity contribution in [2.24, 2.45) is 5.41 Å². The lowest BCUT2D eigenvalue weighted by Gasteiger charge is -2.33. The van der Waals surface area contributed by atoms with Crippen LogP contribution in [0, 0.1) is 34.5 Å². The zero-order chi connectivity index (χ0) is 18.8. The van der Waals surface area contributed by atoms with Gasteiger partial charge in [-0.15, -0.1) is 0 Å². The molecule has 0 aliphatic carbocycles. The fourth-order valence-corrected chi connectivity index (χ4v) is 2.23. The van der Waals surface area contributed by atoms with Crippen LogP contribution in [-0.4, -0.2) is 25.3 Å². The second kappa shape index (κ2) is 7.24. The third-order valence-electron chi connectivity index (χ3n) is 3.74. The normalized spacial score (nSPS) is 16.2. The smallest absolute Gasteiger partial charge is 0.433 e. The highest BCUT2D eigenvalue weighted by Gasteiger charge is 2.47. The standard InChI is InChI=1S/C15H13F5O5/c1-2-3-4-15(5-23-14(22)24-6-15)13(21)25-12-10(19)8(17)7(16)9(18)11(12)20/h2-6H2,1H3. The van der Waals surface area contributed by atoms with Gasteiger partial charge in [-0.1, -0.05) is 19.8 Å². The van der Waals surface area contributed by atoms with Crippen molar-refractivity contribution < 1.29 is 45.8 Å². The van der Waals surface area contributed by atoms with E-state index in [4.69, 9.17) is 0 Å². The number of hydrogen-bond donors (Lipinski definition) is 0. The molecule has 25 heavy (non-hydrogen) atoms. The van der Waals surface area contributed by atoms with E-state index in [1.807, 2.05) is 0 Å². The number of rotatable bonds is 5. The Morgan fingerprint density at radius 1 is 1.00 bits per heavy atom. The second-order valence-corrected chi connectivity index (χ2v) is 5.50. The Balaban J connectivity index is 2.35. The van der Waals surface area contributed by atoms with E-state index >= 15 is 0 Å². The van der Waals surface area contributed by atoms with Crippen LogP contribution in [0.3, 0.4) is 0 Å². The Morgan fingerprint density at radius 2 is 1.48 bits per heavy atom. The zero-order valence-corrected chi connectivity index (χ0v) is 13.0. The average Bonchev–Trinajstić information content (AvgIpc) is 2.61. The molecule has 0 bridgehead atoms. The summed E-state index contributed by atoms with van der Waals surface area (Å²) in [6, 6.07) is 0. The van der Waals surface area contributed by atoms with E-state index in [9.17, 15) is 31.5 Å². The lowest BCUT2D eigenvalue weighted by atomic mass is 9.84. The molecule has 0 spiro atoms. The van der Waals surface area contributed by atoms with Crippen LogP contribution in [0.2, 0.25) is 0 Å². The van der Waals surface area contributed by atoms with E-state index in [1.165, 1.54) is 0 Å². The van der Waals surface area contributed by atoms with Gasteiger partial charge in [0.05, 0.1) is 0 Å². The number of unbranched alkanes of at least 4 members (excludes halogenated alkanes) is 1. The van der Waals surface area contributed by atoms with Crippen LogP contribution in [0.5, 0.6) is 5.75 Å². The molecule has 1 fully saturated rings. The molecule has 0 unspecified atom stereocenters. The molecule has 10 heteroatoms. The number of hydrogen-bond acceptors (Lipinski definition) is 5. The highest BCUT2D eigenvalue weighted by molar-refractivity contribution is 5.81. The van der Waals surface area contributed by atoms with Crippen LogP contribution in [-0.2, 0) is 14.3 Å². The van der Waals surface area contributed by atoms with Crippen LogP contribution in [0.25, 0.3) is 0 Å². The molecule has 0 saturated carbocycles. The largest absolute Gasteiger partial charge is 0.508 e. The first-order valence-electron chi connectivity index (χ1n) is 7.26. The minimum absolute atomic E-state index is 0.0605. The van der Waals surface area contributed by atoms with Crippen molar-refractivity contribution in [2.45, 2.75) is 26.2 Å². The molecule has 0 N–H and O–H groups in total. The molecule has 5 nitrogen and oxygen atoms in total. The van der Waals surface area contributed by atoms with Crippen molar-refractivity contribution in [3.05, 3.63) is 29.1 Å². The number of carbonyl (C=O) groups excluding carboxylic acids is 2. The summed E-state index contributed by atoms with van der Waals surface area (Å²) in [5, 5.41) is 0. The van der Waals surface area contributed by atoms with Gasteiger partial charge >= 0.3 is 12.1 Å². The minimum Gasteiger partial charge on any atom is -0.433 e. The van der Waals surface area contributed by atoms with Gasteiger partial charge in [-0.2, -0.15) is 8.78 Å². The highest BCUT2D eigenvalue weighted by Crippen LogP contribution is 2.35. The SMILES string of the molecule is CCCCC1(C(=O)Oc2c(F)c(F)c(F)c(F)c2F)COC(=O)OC1. The maximum Gasteiger partial charge on any atom is 0.508 e. The molecule has 1 aliphatic heterocycles. The quantitative estimate of drug-likeness (QED) is 0.261. The van der Waals surface area contributed by atoms with Crippen molar-refractivity contribution >= 4 is 12.1 Å². The van der Waals surface area contributed by atoms with Crippen molar-refractivity contribution in [2.75, 3.05) is 13.2 Å². The van der Waals surface area contributed by atoms with Crippen molar-refractivity contribution in [3.8, 4) is 5.75 Å². The summed E-state index contributed by atoms with van der Waals surface area (Å²) >= 11 is 0. The Labute approximate surface area is 138 Å².